The molecule has 1 aliphatic heterocycles. The van der Waals surface area contributed by atoms with Crippen LogP contribution in [-0.4, -0.2) is 57.2 Å². The number of ether oxygens (including phenoxy) is 1. The number of thiazole rings is 1. The largest absolute Gasteiger partial charge is 0.378 e. The second-order valence-corrected chi connectivity index (χ2v) is 8.52. The van der Waals surface area contributed by atoms with Crippen LogP contribution in [0, 0.1) is 0 Å². The van der Waals surface area contributed by atoms with Crippen molar-refractivity contribution < 1.29 is 9.53 Å². The number of nitrogens with one attached hydrogen (secondary N) is 1. The number of benzene rings is 1. The highest BCUT2D eigenvalue weighted by Crippen LogP contribution is 2.28. The number of amides is 1. The number of carbonyl (C=O) groups excluding carboxylic acids is 1. The average molecular weight is 405 g/mol. The molecule has 1 aliphatic rings. The third-order valence-corrected chi connectivity index (χ3v) is 6.37. The van der Waals surface area contributed by atoms with E-state index >= 15 is 0 Å². The minimum Gasteiger partial charge on any atom is -0.378 e. The normalized spacial score (nSPS) is 15.9. The maximum Gasteiger partial charge on any atom is 0.239 e. The van der Waals surface area contributed by atoms with Gasteiger partial charge in [-0.3, -0.25) is 9.36 Å². The van der Waals surface area contributed by atoms with Gasteiger partial charge in [-0.05, 0) is 19.1 Å². The summed E-state index contributed by atoms with van der Waals surface area (Å²) in [6.07, 6.45) is 0. The Morgan fingerprint density at radius 2 is 2.07 bits per heavy atom. The summed E-state index contributed by atoms with van der Waals surface area (Å²) in [4.78, 5) is 19.2. The Kier molecular flexibility index (Phi) is 5.28. The van der Waals surface area contributed by atoms with Crippen LogP contribution < -0.4 is 10.2 Å². The van der Waals surface area contributed by atoms with E-state index in [2.05, 4.69) is 25.4 Å². The highest BCUT2D eigenvalue weighted by Gasteiger charge is 2.22. The standard InChI is InChI=1S/C17H20N6O2S2/c1-11(14(24)19-15-18-12-5-3-4-6-13(12)27-15)26-17-21-20-16(22(17)2)23-7-9-25-10-8-23/h3-6,11H,7-10H2,1-2H3,(H,18,19,24). The summed E-state index contributed by atoms with van der Waals surface area (Å²) in [5.41, 5.74) is 0.890. The van der Waals surface area contributed by atoms with Crippen LogP contribution >= 0.6 is 23.1 Å². The molecule has 1 aromatic carbocycles. The van der Waals surface area contributed by atoms with E-state index < -0.39 is 0 Å². The molecule has 2 aromatic heterocycles. The second kappa shape index (κ2) is 7.83. The van der Waals surface area contributed by atoms with Gasteiger partial charge >= 0.3 is 0 Å². The van der Waals surface area contributed by atoms with E-state index in [1.54, 1.807) is 0 Å². The fourth-order valence-electron chi connectivity index (χ4n) is 2.79. The summed E-state index contributed by atoms with van der Waals surface area (Å²) in [5.74, 6) is 0.703. The number of anilines is 2. The number of para-hydroxylation sites is 1. The SMILES string of the molecule is CC(Sc1nnc(N2CCOCC2)n1C)C(=O)Nc1nc2ccccc2s1. The predicted octanol–water partition coefficient (Wildman–Crippen LogP) is 2.38. The first-order valence-electron chi connectivity index (χ1n) is 8.67. The molecule has 142 valence electrons. The smallest absolute Gasteiger partial charge is 0.239 e. The lowest BCUT2D eigenvalue weighted by Gasteiger charge is -2.27. The molecular formula is C17H20N6O2S2. The molecule has 1 saturated heterocycles. The molecular weight excluding hydrogens is 384 g/mol. The van der Waals surface area contributed by atoms with E-state index in [1.165, 1.54) is 23.1 Å². The zero-order chi connectivity index (χ0) is 18.8. The first kappa shape index (κ1) is 18.2. The van der Waals surface area contributed by atoms with Crippen molar-refractivity contribution in [3.63, 3.8) is 0 Å². The first-order chi connectivity index (χ1) is 13.1. The molecule has 3 aromatic rings. The van der Waals surface area contributed by atoms with Crippen LogP contribution in [0.2, 0.25) is 0 Å². The van der Waals surface area contributed by atoms with Crippen LogP contribution in [0.3, 0.4) is 0 Å². The molecule has 1 atom stereocenters. The van der Waals surface area contributed by atoms with Crippen LogP contribution in [0.1, 0.15) is 6.92 Å². The van der Waals surface area contributed by atoms with Gasteiger partial charge in [-0.15, -0.1) is 10.2 Å². The van der Waals surface area contributed by atoms with Gasteiger partial charge in [0.1, 0.15) is 0 Å². The number of hydrogen-bond donors (Lipinski definition) is 1. The zero-order valence-corrected chi connectivity index (χ0v) is 16.7. The Balaban J connectivity index is 1.41. The van der Waals surface area contributed by atoms with Gasteiger partial charge in [0.15, 0.2) is 10.3 Å². The fourth-order valence-corrected chi connectivity index (χ4v) is 4.47. The molecule has 0 saturated carbocycles. The van der Waals surface area contributed by atoms with Gasteiger partial charge < -0.3 is 15.0 Å². The van der Waals surface area contributed by atoms with E-state index in [1.807, 2.05) is 42.8 Å². The average Bonchev–Trinajstić information content (AvgIpc) is 3.25. The topological polar surface area (TPSA) is 85.2 Å². The third kappa shape index (κ3) is 3.92. The Morgan fingerprint density at radius 3 is 2.85 bits per heavy atom. The van der Waals surface area contributed by atoms with Crippen molar-refractivity contribution in [1.29, 1.82) is 0 Å². The highest BCUT2D eigenvalue weighted by atomic mass is 32.2. The van der Waals surface area contributed by atoms with E-state index in [4.69, 9.17) is 4.74 Å². The van der Waals surface area contributed by atoms with Gasteiger partial charge in [-0.25, -0.2) is 4.98 Å². The van der Waals surface area contributed by atoms with Crippen molar-refractivity contribution in [2.75, 3.05) is 36.5 Å². The number of aromatic nitrogens is 4. The summed E-state index contributed by atoms with van der Waals surface area (Å²) in [5, 5.41) is 12.4. The van der Waals surface area contributed by atoms with Crippen LogP contribution in [0.5, 0.6) is 0 Å². The molecule has 4 rings (SSSR count). The lowest BCUT2D eigenvalue weighted by molar-refractivity contribution is -0.115. The van der Waals surface area contributed by atoms with Crippen molar-refractivity contribution in [1.82, 2.24) is 19.7 Å². The quantitative estimate of drug-likeness (QED) is 0.654. The molecule has 0 spiro atoms. The van der Waals surface area contributed by atoms with Crippen LogP contribution in [0.4, 0.5) is 11.1 Å². The van der Waals surface area contributed by atoms with Gasteiger partial charge in [-0.2, -0.15) is 0 Å². The second-order valence-electron chi connectivity index (χ2n) is 6.18. The molecule has 10 heteroatoms. The molecule has 1 fully saturated rings. The van der Waals surface area contributed by atoms with Crippen molar-refractivity contribution in [2.24, 2.45) is 7.05 Å². The fraction of sp³-hybridized carbons (Fsp3) is 0.412. The summed E-state index contributed by atoms with van der Waals surface area (Å²) in [6.45, 7) is 4.83. The number of rotatable bonds is 5. The van der Waals surface area contributed by atoms with Gasteiger partial charge in [0.2, 0.25) is 11.9 Å². The molecule has 1 unspecified atom stereocenters. The van der Waals surface area contributed by atoms with Crippen molar-refractivity contribution in [3.05, 3.63) is 24.3 Å². The molecule has 1 amide bonds. The number of nitrogens with zero attached hydrogens (tertiary/aromatic N) is 5. The van der Waals surface area contributed by atoms with Crippen LogP contribution in [-0.2, 0) is 16.6 Å². The van der Waals surface area contributed by atoms with E-state index in [-0.39, 0.29) is 11.2 Å². The minimum absolute atomic E-state index is 0.102. The highest BCUT2D eigenvalue weighted by molar-refractivity contribution is 8.00. The first-order valence-corrected chi connectivity index (χ1v) is 10.4. The van der Waals surface area contributed by atoms with E-state index in [0.29, 0.717) is 23.5 Å². The maximum atomic E-state index is 12.6. The van der Waals surface area contributed by atoms with Crippen molar-refractivity contribution >= 4 is 50.3 Å². The molecule has 27 heavy (non-hydrogen) atoms. The minimum atomic E-state index is -0.322. The Bertz CT molecular complexity index is 917. The summed E-state index contributed by atoms with van der Waals surface area (Å²) in [7, 11) is 1.92. The number of thioether (sulfide) groups is 1. The molecule has 0 radical (unpaired) electrons. The van der Waals surface area contributed by atoms with Crippen molar-refractivity contribution in [3.8, 4) is 0 Å². The Hall–Kier alpha value is -2.17. The summed E-state index contributed by atoms with van der Waals surface area (Å²) >= 11 is 2.86. The predicted molar refractivity (Wildman–Crippen MR) is 108 cm³/mol. The number of morpholine rings is 1. The van der Waals surface area contributed by atoms with Crippen LogP contribution in [0.15, 0.2) is 29.4 Å². The van der Waals surface area contributed by atoms with Crippen LogP contribution in [0.25, 0.3) is 10.2 Å². The number of fused-ring (bicyclic) bond motifs is 1. The Morgan fingerprint density at radius 1 is 1.30 bits per heavy atom. The Labute approximate surface area is 164 Å². The molecule has 3 heterocycles. The van der Waals surface area contributed by atoms with Gasteiger partial charge in [0.25, 0.3) is 0 Å². The van der Waals surface area contributed by atoms with Gasteiger partial charge in [-0.1, -0.05) is 35.2 Å². The summed E-state index contributed by atoms with van der Waals surface area (Å²) < 4.78 is 8.36. The van der Waals surface area contributed by atoms with E-state index in [0.717, 1.165) is 29.3 Å². The van der Waals surface area contributed by atoms with Gasteiger partial charge in [0.05, 0.1) is 28.7 Å². The number of hydrogen-bond acceptors (Lipinski definition) is 8. The third-order valence-electron chi connectivity index (χ3n) is 4.28. The van der Waals surface area contributed by atoms with E-state index in [9.17, 15) is 4.79 Å². The zero-order valence-electron chi connectivity index (χ0n) is 15.1. The molecule has 8 nitrogen and oxygen atoms in total. The lowest BCUT2D eigenvalue weighted by atomic mass is 10.3. The number of carbonyl (C=O) groups is 1. The molecule has 0 aliphatic carbocycles. The monoisotopic (exact) mass is 404 g/mol. The van der Waals surface area contributed by atoms with Gasteiger partial charge in [0, 0.05) is 20.1 Å². The molecule has 1 N–H and O–H groups in total. The lowest BCUT2D eigenvalue weighted by Crippen LogP contribution is -2.37. The maximum absolute atomic E-state index is 12.6. The van der Waals surface area contributed by atoms with Crippen molar-refractivity contribution in [2.45, 2.75) is 17.3 Å². The molecule has 0 bridgehead atoms. The summed E-state index contributed by atoms with van der Waals surface area (Å²) in [6, 6.07) is 7.83.